The highest BCUT2D eigenvalue weighted by Gasteiger charge is 2.13. The summed E-state index contributed by atoms with van der Waals surface area (Å²) >= 11 is 0. The van der Waals surface area contributed by atoms with E-state index in [0.717, 1.165) is 5.56 Å². The molecule has 0 amide bonds. The van der Waals surface area contributed by atoms with Gasteiger partial charge in [-0.2, -0.15) is 0 Å². The fourth-order valence-corrected chi connectivity index (χ4v) is 1.10. The molecule has 0 aliphatic rings. The van der Waals surface area contributed by atoms with E-state index in [-0.39, 0.29) is 6.61 Å². The van der Waals surface area contributed by atoms with Crippen LogP contribution in [0.3, 0.4) is 0 Å². The second-order valence-electron chi connectivity index (χ2n) is 3.13. The second-order valence-corrected chi connectivity index (χ2v) is 3.13. The minimum atomic E-state index is -0.710. The van der Waals surface area contributed by atoms with Gasteiger partial charge in [-0.3, -0.25) is 4.79 Å². The van der Waals surface area contributed by atoms with Crippen molar-refractivity contribution in [1.82, 2.24) is 0 Å². The second kappa shape index (κ2) is 6.16. The van der Waals surface area contributed by atoms with E-state index in [1.54, 1.807) is 0 Å². The molecular formula is C11H15NO3. The van der Waals surface area contributed by atoms with Gasteiger partial charge in [-0.05, 0) is 5.56 Å². The van der Waals surface area contributed by atoms with Crippen LogP contribution in [0.1, 0.15) is 5.56 Å². The topological polar surface area (TPSA) is 61.5 Å². The van der Waals surface area contributed by atoms with Gasteiger partial charge in [0, 0.05) is 0 Å². The van der Waals surface area contributed by atoms with Crippen molar-refractivity contribution < 1.29 is 14.3 Å². The Labute approximate surface area is 89.0 Å². The molecule has 1 aromatic carbocycles. The summed E-state index contributed by atoms with van der Waals surface area (Å²) in [6.45, 7) is 0.618. The zero-order valence-corrected chi connectivity index (χ0v) is 8.68. The van der Waals surface area contributed by atoms with E-state index >= 15 is 0 Å². The van der Waals surface area contributed by atoms with E-state index in [2.05, 4.69) is 4.74 Å². The molecule has 0 aliphatic heterocycles. The molecule has 15 heavy (non-hydrogen) atoms. The van der Waals surface area contributed by atoms with Crippen LogP contribution < -0.4 is 5.73 Å². The maximum atomic E-state index is 10.9. The SMILES string of the molecule is COC(=O)C(N)COCc1ccccc1. The van der Waals surface area contributed by atoms with Crippen LogP contribution in [0.5, 0.6) is 0 Å². The molecule has 0 aliphatic carbocycles. The van der Waals surface area contributed by atoms with Crippen molar-refractivity contribution in [3.63, 3.8) is 0 Å². The van der Waals surface area contributed by atoms with Crippen molar-refractivity contribution in [2.75, 3.05) is 13.7 Å². The van der Waals surface area contributed by atoms with Crippen molar-refractivity contribution in [3.8, 4) is 0 Å². The minimum absolute atomic E-state index is 0.168. The summed E-state index contributed by atoms with van der Waals surface area (Å²) in [5.41, 5.74) is 6.54. The third-order valence-corrected chi connectivity index (χ3v) is 1.91. The van der Waals surface area contributed by atoms with Gasteiger partial charge in [0.05, 0.1) is 20.3 Å². The number of methoxy groups -OCH3 is 1. The third-order valence-electron chi connectivity index (χ3n) is 1.91. The molecule has 4 nitrogen and oxygen atoms in total. The van der Waals surface area contributed by atoms with Crippen molar-refractivity contribution in [2.45, 2.75) is 12.6 Å². The Morgan fingerprint density at radius 1 is 1.40 bits per heavy atom. The Balaban J connectivity index is 2.25. The van der Waals surface area contributed by atoms with Crippen LogP contribution in [0.15, 0.2) is 30.3 Å². The van der Waals surface area contributed by atoms with E-state index in [1.807, 2.05) is 30.3 Å². The molecule has 0 aromatic heterocycles. The van der Waals surface area contributed by atoms with Crippen molar-refractivity contribution in [3.05, 3.63) is 35.9 Å². The first-order valence-corrected chi connectivity index (χ1v) is 4.69. The molecule has 0 fully saturated rings. The molecule has 4 heteroatoms. The van der Waals surface area contributed by atoms with Crippen LogP contribution in [-0.2, 0) is 20.9 Å². The van der Waals surface area contributed by atoms with Gasteiger partial charge in [0.15, 0.2) is 0 Å². The van der Waals surface area contributed by atoms with Gasteiger partial charge < -0.3 is 15.2 Å². The Hall–Kier alpha value is -1.39. The molecule has 0 spiro atoms. The van der Waals surface area contributed by atoms with Crippen LogP contribution in [-0.4, -0.2) is 25.7 Å². The smallest absolute Gasteiger partial charge is 0.325 e. The fraction of sp³-hybridized carbons (Fsp3) is 0.364. The van der Waals surface area contributed by atoms with Gasteiger partial charge in [0.2, 0.25) is 0 Å². The minimum Gasteiger partial charge on any atom is -0.468 e. The van der Waals surface area contributed by atoms with E-state index in [4.69, 9.17) is 10.5 Å². The third kappa shape index (κ3) is 4.10. The number of hydrogen-bond donors (Lipinski definition) is 1. The first-order chi connectivity index (χ1) is 7.24. The molecule has 82 valence electrons. The van der Waals surface area contributed by atoms with Crippen LogP contribution in [0.2, 0.25) is 0 Å². The highest BCUT2D eigenvalue weighted by atomic mass is 16.5. The molecule has 2 N–H and O–H groups in total. The van der Waals surface area contributed by atoms with E-state index < -0.39 is 12.0 Å². The molecule has 1 unspecified atom stereocenters. The van der Waals surface area contributed by atoms with Gasteiger partial charge in [-0.1, -0.05) is 30.3 Å². The molecule has 0 saturated heterocycles. The summed E-state index contributed by atoms with van der Waals surface area (Å²) in [5.74, 6) is -0.455. The fourth-order valence-electron chi connectivity index (χ4n) is 1.10. The number of esters is 1. The quantitative estimate of drug-likeness (QED) is 0.725. The highest BCUT2D eigenvalue weighted by molar-refractivity contribution is 5.75. The van der Waals surface area contributed by atoms with Crippen LogP contribution in [0.25, 0.3) is 0 Å². The number of hydrogen-bond acceptors (Lipinski definition) is 4. The molecule has 1 atom stereocenters. The summed E-state index contributed by atoms with van der Waals surface area (Å²) < 4.78 is 9.75. The number of benzene rings is 1. The number of ether oxygens (including phenoxy) is 2. The number of nitrogens with two attached hydrogens (primary N) is 1. The summed E-state index contributed by atoms with van der Waals surface area (Å²) in [5, 5.41) is 0. The molecule has 0 saturated carbocycles. The predicted octanol–water partition coefficient (Wildman–Crippen LogP) is 0.703. The lowest BCUT2D eigenvalue weighted by Crippen LogP contribution is -2.36. The van der Waals surface area contributed by atoms with Gasteiger partial charge in [0.1, 0.15) is 6.04 Å². The van der Waals surface area contributed by atoms with Gasteiger partial charge in [-0.15, -0.1) is 0 Å². The first kappa shape index (κ1) is 11.7. The first-order valence-electron chi connectivity index (χ1n) is 4.69. The lowest BCUT2D eigenvalue weighted by molar-refractivity contribution is -0.143. The van der Waals surface area contributed by atoms with E-state index in [0.29, 0.717) is 6.61 Å². The molecular weight excluding hydrogens is 194 g/mol. The Morgan fingerprint density at radius 3 is 2.67 bits per heavy atom. The zero-order chi connectivity index (χ0) is 11.1. The Kier molecular flexibility index (Phi) is 4.80. The monoisotopic (exact) mass is 209 g/mol. The van der Waals surface area contributed by atoms with Gasteiger partial charge in [0.25, 0.3) is 0 Å². The summed E-state index contributed by atoms with van der Waals surface area (Å²) in [4.78, 5) is 10.9. The molecule has 0 radical (unpaired) electrons. The zero-order valence-electron chi connectivity index (χ0n) is 8.68. The Bertz CT molecular complexity index is 300. The molecule has 1 aromatic rings. The number of carbonyl (C=O) groups is 1. The summed E-state index contributed by atoms with van der Waals surface area (Å²) in [7, 11) is 1.30. The van der Waals surface area contributed by atoms with Crippen molar-refractivity contribution in [2.24, 2.45) is 5.73 Å². The van der Waals surface area contributed by atoms with Gasteiger partial charge in [-0.25, -0.2) is 0 Å². The van der Waals surface area contributed by atoms with Gasteiger partial charge >= 0.3 is 5.97 Å². The average Bonchev–Trinajstić information content (AvgIpc) is 2.29. The molecule has 0 bridgehead atoms. The average molecular weight is 209 g/mol. The molecule has 1 rings (SSSR count). The van der Waals surface area contributed by atoms with Crippen LogP contribution >= 0.6 is 0 Å². The lowest BCUT2D eigenvalue weighted by atomic mass is 10.2. The maximum absolute atomic E-state index is 10.9. The van der Waals surface area contributed by atoms with Crippen molar-refractivity contribution >= 4 is 5.97 Å². The van der Waals surface area contributed by atoms with E-state index in [9.17, 15) is 4.79 Å². The largest absolute Gasteiger partial charge is 0.468 e. The van der Waals surface area contributed by atoms with Crippen molar-refractivity contribution in [1.29, 1.82) is 0 Å². The lowest BCUT2D eigenvalue weighted by Gasteiger charge is -2.09. The highest BCUT2D eigenvalue weighted by Crippen LogP contribution is 2.00. The summed E-state index contributed by atoms with van der Waals surface area (Å²) in [6, 6.07) is 8.98. The van der Waals surface area contributed by atoms with Crippen LogP contribution in [0, 0.1) is 0 Å². The number of carbonyl (C=O) groups excluding carboxylic acids is 1. The Morgan fingerprint density at radius 2 is 2.07 bits per heavy atom. The number of rotatable bonds is 5. The van der Waals surface area contributed by atoms with Crippen LogP contribution in [0.4, 0.5) is 0 Å². The standard InChI is InChI=1S/C11H15NO3/c1-14-11(13)10(12)8-15-7-9-5-3-2-4-6-9/h2-6,10H,7-8,12H2,1H3. The normalized spacial score (nSPS) is 12.1. The maximum Gasteiger partial charge on any atom is 0.325 e. The summed E-state index contributed by atoms with van der Waals surface area (Å²) in [6.07, 6.45) is 0. The predicted molar refractivity (Wildman–Crippen MR) is 56.1 cm³/mol. The van der Waals surface area contributed by atoms with E-state index in [1.165, 1.54) is 7.11 Å². The molecule has 0 heterocycles.